The van der Waals surface area contributed by atoms with E-state index in [2.05, 4.69) is 19.9 Å². The Labute approximate surface area is 163 Å². The van der Waals surface area contributed by atoms with Crippen LogP contribution in [0.5, 0.6) is 0 Å². The molecule has 9 heteroatoms. The molecular weight excluding hydrogens is 375 g/mol. The van der Waals surface area contributed by atoms with Crippen LogP contribution in [0.1, 0.15) is 21.7 Å². The van der Waals surface area contributed by atoms with Crippen molar-refractivity contribution in [1.29, 1.82) is 0 Å². The maximum Gasteiger partial charge on any atom is 0.241 e. The quantitative estimate of drug-likeness (QED) is 0.400. The monoisotopic (exact) mass is 390 g/mol. The van der Waals surface area contributed by atoms with E-state index in [0.717, 1.165) is 16.3 Å². The van der Waals surface area contributed by atoms with E-state index in [1.165, 1.54) is 13.1 Å². The summed E-state index contributed by atoms with van der Waals surface area (Å²) in [6.45, 7) is 0. The van der Waals surface area contributed by atoms with Gasteiger partial charge >= 0.3 is 0 Å². The van der Waals surface area contributed by atoms with Gasteiger partial charge < -0.3 is 15.3 Å². The molecule has 1 aromatic carbocycles. The number of hydrogen-bond donors (Lipinski definition) is 2. The molecule has 1 amide bonds. The first-order valence-corrected chi connectivity index (χ1v) is 8.58. The van der Waals surface area contributed by atoms with Crippen LogP contribution >= 0.6 is 0 Å². The number of nitrogens with zero attached hydrogens (tertiary/aromatic N) is 4. The highest BCUT2D eigenvalue weighted by Crippen LogP contribution is 2.23. The van der Waals surface area contributed by atoms with Gasteiger partial charge in [0.25, 0.3) is 0 Å². The molecule has 0 bridgehead atoms. The molecule has 0 aliphatic rings. The second-order valence-corrected chi connectivity index (χ2v) is 6.30. The summed E-state index contributed by atoms with van der Waals surface area (Å²) in [6, 6.07) is 6.71. The first-order valence-electron chi connectivity index (χ1n) is 8.58. The zero-order valence-electron chi connectivity index (χ0n) is 15.3. The summed E-state index contributed by atoms with van der Waals surface area (Å²) in [4.78, 5) is 39.2. The third kappa shape index (κ3) is 3.41. The molecule has 0 aliphatic heterocycles. The molecule has 3 heterocycles. The van der Waals surface area contributed by atoms with Crippen molar-refractivity contribution in [2.75, 3.05) is 0 Å². The highest BCUT2D eigenvalue weighted by molar-refractivity contribution is 6.06. The Hall–Kier alpha value is -4.14. The van der Waals surface area contributed by atoms with Gasteiger partial charge in [0.2, 0.25) is 17.6 Å². The van der Waals surface area contributed by atoms with Gasteiger partial charge in [-0.2, -0.15) is 4.39 Å². The molecule has 0 saturated heterocycles. The molecule has 0 aliphatic carbocycles. The van der Waals surface area contributed by atoms with E-state index in [4.69, 9.17) is 5.73 Å². The average molecular weight is 390 g/mol. The summed E-state index contributed by atoms with van der Waals surface area (Å²) in [5.41, 5.74) is 8.69. The Morgan fingerprint density at radius 3 is 2.59 bits per heavy atom. The first-order chi connectivity index (χ1) is 13.9. The number of amides is 1. The van der Waals surface area contributed by atoms with Gasteiger partial charge in [-0.05, 0) is 6.08 Å². The van der Waals surface area contributed by atoms with Crippen LogP contribution in [0.3, 0.4) is 0 Å². The minimum absolute atomic E-state index is 0.0228. The maximum atomic E-state index is 13.4. The number of fused-ring (bicyclic) bond motifs is 1. The summed E-state index contributed by atoms with van der Waals surface area (Å²) in [5, 5.41) is 0. The number of nitrogens with two attached hydrogens (primary N) is 1. The Morgan fingerprint density at radius 1 is 1.17 bits per heavy atom. The van der Waals surface area contributed by atoms with Crippen molar-refractivity contribution in [2.45, 2.75) is 0 Å². The second kappa shape index (κ2) is 7.12. The molecule has 0 radical (unpaired) electrons. The van der Waals surface area contributed by atoms with E-state index in [1.807, 2.05) is 0 Å². The smallest absolute Gasteiger partial charge is 0.241 e. The number of aromatic nitrogens is 5. The lowest BCUT2D eigenvalue weighted by Gasteiger charge is -2.04. The Bertz CT molecular complexity index is 1270. The topological polar surface area (TPSA) is 120 Å². The third-order valence-electron chi connectivity index (χ3n) is 4.41. The van der Waals surface area contributed by atoms with Gasteiger partial charge in [0, 0.05) is 36.0 Å². The standard InChI is InChI=1S/C20H15FN6O2/c1-27-15(21)10-25-20(27)18(29)12-4-2-11(3-5-12)14-9-24-19-17(26-14)13(8-23-19)6-7-16(22)28/h2-10H,1H3,(H2,22,28)(H,23,24). The minimum Gasteiger partial charge on any atom is -0.366 e. The maximum absolute atomic E-state index is 13.4. The van der Waals surface area contributed by atoms with Crippen molar-refractivity contribution in [3.8, 4) is 11.3 Å². The van der Waals surface area contributed by atoms with Crippen LogP contribution in [0.25, 0.3) is 28.5 Å². The SMILES string of the molecule is Cn1c(F)cnc1C(=O)c1ccc(-c2cnc3[nH]cc(C=CC(N)=O)c3n2)cc1. The van der Waals surface area contributed by atoms with Crippen molar-refractivity contribution < 1.29 is 14.0 Å². The number of aromatic amines is 1. The zero-order chi connectivity index (χ0) is 20.5. The number of halogens is 1. The van der Waals surface area contributed by atoms with Crippen LogP contribution in [0.15, 0.2) is 48.9 Å². The van der Waals surface area contributed by atoms with E-state index in [-0.39, 0.29) is 11.6 Å². The number of hydrogen-bond acceptors (Lipinski definition) is 5. The van der Waals surface area contributed by atoms with Crippen molar-refractivity contribution in [2.24, 2.45) is 12.8 Å². The van der Waals surface area contributed by atoms with Gasteiger partial charge in [-0.3, -0.25) is 9.59 Å². The summed E-state index contributed by atoms with van der Waals surface area (Å²) in [6.07, 6.45) is 7.10. The molecule has 8 nitrogen and oxygen atoms in total. The summed E-state index contributed by atoms with van der Waals surface area (Å²) < 4.78 is 14.5. The van der Waals surface area contributed by atoms with Gasteiger partial charge in [0.05, 0.1) is 18.1 Å². The Kier molecular flexibility index (Phi) is 4.47. The number of primary amides is 1. The lowest BCUT2D eigenvalue weighted by molar-refractivity contribution is -0.113. The molecule has 0 unspecified atom stereocenters. The van der Waals surface area contributed by atoms with E-state index < -0.39 is 11.9 Å². The molecule has 0 fully saturated rings. The van der Waals surface area contributed by atoms with Crippen molar-refractivity contribution in [3.63, 3.8) is 0 Å². The molecule has 3 aromatic heterocycles. The molecule has 4 aromatic rings. The fourth-order valence-electron chi connectivity index (χ4n) is 2.87. The molecular formula is C20H15FN6O2. The van der Waals surface area contributed by atoms with Crippen LogP contribution in [0, 0.1) is 5.95 Å². The van der Waals surface area contributed by atoms with Crippen LogP contribution in [0.2, 0.25) is 0 Å². The summed E-state index contributed by atoms with van der Waals surface area (Å²) >= 11 is 0. The highest BCUT2D eigenvalue weighted by atomic mass is 19.1. The first kappa shape index (κ1) is 18.2. The van der Waals surface area contributed by atoms with Crippen LogP contribution in [-0.4, -0.2) is 36.2 Å². The van der Waals surface area contributed by atoms with Gasteiger partial charge in [0.15, 0.2) is 11.5 Å². The number of imidazole rings is 1. The molecule has 0 atom stereocenters. The van der Waals surface area contributed by atoms with E-state index in [1.54, 1.807) is 42.7 Å². The predicted octanol–water partition coefficient (Wildman–Crippen LogP) is 2.23. The average Bonchev–Trinajstić information content (AvgIpc) is 3.28. The van der Waals surface area contributed by atoms with Crippen molar-refractivity contribution in [1.82, 2.24) is 24.5 Å². The lowest BCUT2D eigenvalue weighted by atomic mass is 10.1. The second-order valence-electron chi connectivity index (χ2n) is 6.30. The number of carbonyl (C=O) groups excluding carboxylic acids is 2. The Morgan fingerprint density at radius 2 is 1.93 bits per heavy atom. The van der Waals surface area contributed by atoms with Gasteiger partial charge in [-0.25, -0.2) is 15.0 Å². The van der Waals surface area contributed by atoms with E-state index >= 15 is 0 Å². The number of nitrogens with one attached hydrogen (secondary N) is 1. The fraction of sp³-hybridized carbons (Fsp3) is 0.0500. The highest BCUT2D eigenvalue weighted by Gasteiger charge is 2.17. The van der Waals surface area contributed by atoms with Crippen molar-refractivity contribution >= 4 is 28.9 Å². The van der Waals surface area contributed by atoms with Gasteiger partial charge in [0.1, 0.15) is 5.52 Å². The van der Waals surface area contributed by atoms with Gasteiger partial charge in [-0.1, -0.05) is 24.3 Å². The largest absolute Gasteiger partial charge is 0.366 e. The number of carbonyl (C=O) groups is 2. The molecule has 3 N–H and O–H groups in total. The normalized spacial score (nSPS) is 11.4. The summed E-state index contributed by atoms with van der Waals surface area (Å²) in [5.74, 6) is -1.50. The minimum atomic E-state index is -0.582. The lowest BCUT2D eigenvalue weighted by Crippen LogP contribution is -2.09. The fourth-order valence-corrected chi connectivity index (χ4v) is 2.87. The molecule has 0 saturated carbocycles. The van der Waals surface area contributed by atoms with Crippen LogP contribution in [0.4, 0.5) is 4.39 Å². The molecule has 29 heavy (non-hydrogen) atoms. The molecule has 144 valence electrons. The predicted molar refractivity (Wildman–Crippen MR) is 104 cm³/mol. The van der Waals surface area contributed by atoms with Gasteiger partial charge in [-0.15, -0.1) is 0 Å². The Balaban J connectivity index is 1.66. The number of rotatable bonds is 5. The summed E-state index contributed by atoms with van der Waals surface area (Å²) in [7, 11) is 1.44. The van der Waals surface area contributed by atoms with E-state index in [9.17, 15) is 14.0 Å². The molecule has 4 rings (SSSR count). The number of H-pyrrole nitrogens is 1. The number of ketones is 1. The molecule has 0 spiro atoms. The van der Waals surface area contributed by atoms with Crippen LogP contribution in [-0.2, 0) is 11.8 Å². The van der Waals surface area contributed by atoms with Crippen LogP contribution < -0.4 is 5.73 Å². The van der Waals surface area contributed by atoms with Crippen molar-refractivity contribution in [3.05, 3.63) is 71.8 Å². The zero-order valence-corrected chi connectivity index (χ0v) is 15.3. The third-order valence-corrected chi connectivity index (χ3v) is 4.41. The van der Waals surface area contributed by atoms with E-state index in [0.29, 0.717) is 28.0 Å². The number of benzene rings is 1.